The fraction of sp³-hybridized carbons (Fsp3) is 1.00. The van der Waals surface area contributed by atoms with Crippen molar-refractivity contribution in [2.45, 2.75) is 24.6 Å². The van der Waals surface area contributed by atoms with Gasteiger partial charge in [0.05, 0.1) is 12.7 Å². The fourth-order valence-corrected chi connectivity index (χ4v) is 6.46. The largest absolute Gasteiger partial charge is 0.488 e. The van der Waals surface area contributed by atoms with Crippen molar-refractivity contribution in [2.24, 2.45) is 0 Å². The molecule has 0 aromatic rings. The molecular weight excluding hydrogens is 482 g/mol. The van der Waals surface area contributed by atoms with Crippen LogP contribution in [0.3, 0.4) is 0 Å². The quantitative estimate of drug-likeness (QED) is 0.191. The molecule has 27 heavy (non-hydrogen) atoms. The Morgan fingerprint density at radius 3 is 2.19 bits per heavy atom. The van der Waals surface area contributed by atoms with E-state index in [1.54, 1.807) is 0 Å². The van der Waals surface area contributed by atoms with E-state index in [1.165, 1.54) is 0 Å². The number of hydrogen-bond acceptors (Lipinski definition) is 10. The standard InChI is InChI=1S/C6H14BFO14P4S/c7-6-1-4(20-24(12,13)18-3-8)5(19-6)2-17-26(16,27)22-25(14,15)21-23(9,10)11/h4-6H,1-3H2,(H,12,13)(H,14,15)(H,16,27)(H2,9,10,11)/t4-,5+,6+,26?/m0/s1. The second-order valence-electron chi connectivity index (χ2n) is 4.69. The van der Waals surface area contributed by atoms with E-state index in [4.69, 9.17) is 27.3 Å². The first-order valence-corrected chi connectivity index (χ1v) is 13.6. The van der Waals surface area contributed by atoms with E-state index in [-0.39, 0.29) is 6.42 Å². The summed E-state index contributed by atoms with van der Waals surface area (Å²) in [5.74, 6) is 0. The Labute approximate surface area is 158 Å². The summed E-state index contributed by atoms with van der Waals surface area (Å²) in [4.78, 5) is 45.0. The molecule has 0 saturated carbocycles. The van der Waals surface area contributed by atoms with E-state index in [0.29, 0.717) is 0 Å². The average molecular weight is 496 g/mol. The van der Waals surface area contributed by atoms with Crippen LogP contribution in [0, 0.1) is 0 Å². The predicted octanol–water partition coefficient (Wildman–Crippen LogP) is 0.159. The third-order valence-corrected chi connectivity index (χ3v) is 8.21. The van der Waals surface area contributed by atoms with Crippen molar-refractivity contribution in [1.82, 2.24) is 0 Å². The van der Waals surface area contributed by atoms with Crippen LogP contribution in [0.4, 0.5) is 4.39 Å². The minimum Gasteiger partial charge on any atom is -0.380 e. The summed E-state index contributed by atoms with van der Waals surface area (Å²) in [6.07, 6.45) is -2.74. The first-order chi connectivity index (χ1) is 12.0. The van der Waals surface area contributed by atoms with Gasteiger partial charge in [0.1, 0.15) is 14.0 Å². The first kappa shape index (κ1) is 25.9. The van der Waals surface area contributed by atoms with Gasteiger partial charge in [0.15, 0.2) is 6.86 Å². The van der Waals surface area contributed by atoms with Crippen LogP contribution in [0.25, 0.3) is 0 Å². The number of phosphoric acid groups is 3. The van der Waals surface area contributed by atoms with Crippen LogP contribution < -0.4 is 0 Å². The van der Waals surface area contributed by atoms with E-state index in [0.717, 1.165) is 0 Å². The Hall–Kier alpha value is 0.895. The molecule has 158 valence electrons. The summed E-state index contributed by atoms with van der Waals surface area (Å²) in [6.45, 7) is -7.00. The highest BCUT2D eigenvalue weighted by Gasteiger charge is 2.42. The van der Waals surface area contributed by atoms with Gasteiger partial charge in [-0.1, -0.05) is 0 Å². The van der Waals surface area contributed by atoms with Crippen LogP contribution in [0.5, 0.6) is 0 Å². The van der Waals surface area contributed by atoms with E-state index in [9.17, 15) is 27.9 Å². The lowest BCUT2D eigenvalue weighted by atomic mass is 9.96. The molecule has 1 saturated heterocycles. The molecular formula is C6H14BFO14P4S. The number of phosphoric ester groups is 1. The highest BCUT2D eigenvalue weighted by atomic mass is 32.5. The van der Waals surface area contributed by atoms with Gasteiger partial charge >= 0.3 is 30.2 Å². The van der Waals surface area contributed by atoms with E-state index >= 15 is 0 Å². The van der Waals surface area contributed by atoms with Gasteiger partial charge in [-0.05, 0) is 18.2 Å². The smallest absolute Gasteiger partial charge is 0.380 e. The maximum atomic E-state index is 12.0. The summed E-state index contributed by atoms with van der Waals surface area (Å²) in [7, 11) is -10.3. The molecule has 1 rings (SSSR count). The molecule has 6 atom stereocenters. The molecule has 1 heterocycles. The normalized spacial score (nSPS) is 30.4. The van der Waals surface area contributed by atoms with Crippen molar-refractivity contribution in [1.29, 1.82) is 0 Å². The monoisotopic (exact) mass is 496 g/mol. The third kappa shape index (κ3) is 10.5. The van der Waals surface area contributed by atoms with Gasteiger partial charge in [-0.25, -0.2) is 22.4 Å². The SMILES string of the molecule is [B][C@H]1C[C@H](OP(=O)(O)OCF)[C@@H](COP(O)(=S)OP(=O)(O)OP(=O)(O)O)O1. The van der Waals surface area contributed by atoms with Crippen molar-refractivity contribution in [3.05, 3.63) is 0 Å². The van der Waals surface area contributed by atoms with Gasteiger partial charge in [-0.3, -0.25) is 9.05 Å². The predicted molar refractivity (Wildman–Crippen MR) is 87.3 cm³/mol. The molecule has 1 aliphatic rings. The van der Waals surface area contributed by atoms with E-state index < -0.39 is 61.9 Å². The summed E-state index contributed by atoms with van der Waals surface area (Å²) in [5, 5.41) is 0. The second kappa shape index (κ2) is 9.80. The molecule has 0 spiro atoms. The van der Waals surface area contributed by atoms with Crippen LogP contribution >= 0.6 is 30.2 Å². The zero-order valence-electron chi connectivity index (χ0n) is 12.9. The number of hydrogen-bond donors (Lipinski definition) is 5. The minimum absolute atomic E-state index is 0.177. The molecule has 3 unspecified atom stereocenters. The van der Waals surface area contributed by atoms with Gasteiger partial charge in [0, 0.05) is 6.00 Å². The number of halogens is 1. The number of alkyl halides is 1. The molecule has 0 bridgehead atoms. The maximum Gasteiger partial charge on any atom is 0.488 e. The summed E-state index contributed by atoms with van der Waals surface area (Å²) < 4.78 is 71.1. The van der Waals surface area contributed by atoms with Gasteiger partial charge in [0.2, 0.25) is 0 Å². The lowest BCUT2D eigenvalue weighted by Crippen LogP contribution is -2.28. The van der Waals surface area contributed by atoms with Crippen molar-refractivity contribution in [3.63, 3.8) is 0 Å². The number of ether oxygens (including phenoxy) is 1. The van der Waals surface area contributed by atoms with Crippen molar-refractivity contribution in [2.75, 3.05) is 13.5 Å². The minimum atomic E-state index is -5.50. The van der Waals surface area contributed by atoms with Crippen LogP contribution in [0.15, 0.2) is 0 Å². The molecule has 21 heteroatoms. The Morgan fingerprint density at radius 1 is 1.07 bits per heavy atom. The molecule has 1 fully saturated rings. The lowest BCUT2D eigenvalue weighted by Gasteiger charge is -2.23. The topological polar surface area (TPSA) is 208 Å². The zero-order chi connectivity index (χ0) is 21.1. The van der Waals surface area contributed by atoms with Crippen molar-refractivity contribution >= 4 is 49.8 Å². The van der Waals surface area contributed by atoms with Crippen LogP contribution in [0.2, 0.25) is 0 Å². The Kier molecular flexibility index (Phi) is 9.41. The molecule has 14 nitrogen and oxygen atoms in total. The summed E-state index contributed by atoms with van der Waals surface area (Å²) in [6, 6.07) is -1.02. The Balaban J connectivity index is 2.70. The molecule has 0 aliphatic carbocycles. The van der Waals surface area contributed by atoms with Crippen molar-refractivity contribution < 1.29 is 69.5 Å². The van der Waals surface area contributed by atoms with Crippen LogP contribution in [-0.4, -0.2) is 64.0 Å². The van der Waals surface area contributed by atoms with E-state index in [1.807, 2.05) is 0 Å². The fourth-order valence-electron chi connectivity index (χ4n) is 1.74. The van der Waals surface area contributed by atoms with Crippen LogP contribution in [-0.2, 0) is 52.4 Å². The molecule has 2 radical (unpaired) electrons. The molecule has 0 aromatic heterocycles. The third-order valence-electron chi connectivity index (χ3n) is 2.53. The van der Waals surface area contributed by atoms with Gasteiger partial charge in [0.25, 0.3) is 0 Å². The highest BCUT2D eigenvalue weighted by molar-refractivity contribution is 8.08. The molecule has 0 amide bonds. The summed E-state index contributed by atoms with van der Waals surface area (Å²) >= 11 is 4.39. The average Bonchev–Trinajstić information content (AvgIpc) is 2.71. The van der Waals surface area contributed by atoms with Gasteiger partial charge in [-0.15, -0.1) is 0 Å². The zero-order valence-corrected chi connectivity index (χ0v) is 17.3. The Morgan fingerprint density at radius 2 is 1.67 bits per heavy atom. The summed E-state index contributed by atoms with van der Waals surface area (Å²) in [5.41, 5.74) is 0. The second-order valence-corrected chi connectivity index (χ2v) is 11.9. The lowest BCUT2D eigenvalue weighted by molar-refractivity contribution is -0.00732. The molecule has 0 aromatic carbocycles. The number of rotatable bonds is 11. The highest BCUT2D eigenvalue weighted by Crippen LogP contribution is 2.66. The van der Waals surface area contributed by atoms with Crippen LogP contribution in [0.1, 0.15) is 6.42 Å². The maximum absolute atomic E-state index is 12.0. The van der Waals surface area contributed by atoms with Gasteiger partial charge < -0.3 is 33.7 Å². The molecule has 5 N–H and O–H groups in total. The Bertz CT molecular complexity index is 701. The molecule has 1 aliphatic heterocycles. The van der Waals surface area contributed by atoms with Crippen molar-refractivity contribution in [3.8, 4) is 0 Å². The first-order valence-electron chi connectivity index (χ1n) is 6.45. The van der Waals surface area contributed by atoms with Gasteiger partial charge in [-0.2, -0.15) is 4.31 Å². The van der Waals surface area contributed by atoms with E-state index in [2.05, 4.69) is 34.0 Å².